The van der Waals surface area contributed by atoms with E-state index < -0.39 is 0 Å². The van der Waals surface area contributed by atoms with Crippen molar-refractivity contribution in [1.82, 2.24) is 5.32 Å². The molecule has 3 unspecified atom stereocenters. The molecule has 3 heteroatoms. The first kappa shape index (κ1) is 13.9. The lowest BCUT2D eigenvalue weighted by molar-refractivity contribution is -0.123. The number of fused-ring (bicyclic) bond motifs is 1. The molecule has 1 aromatic carbocycles. The van der Waals surface area contributed by atoms with Crippen LogP contribution in [-0.4, -0.2) is 17.8 Å². The van der Waals surface area contributed by atoms with Crippen molar-refractivity contribution in [3.63, 3.8) is 0 Å². The Morgan fingerprint density at radius 2 is 1.85 bits per heavy atom. The molecule has 2 aliphatic rings. The van der Waals surface area contributed by atoms with Crippen LogP contribution in [0.3, 0.4) is 0 Å². The van der Waals surface area contributed by atoms with E-state index in [0.717, 1.165) is 6.42 Å². The van der Waals surface area contributed by atoms with Gasteiger partial charge in [-0.05, 0) is 36.7 Å². The molecule has 20 heavy (non-hydrogen) atoms. The molecular weight excluding hydrogens is 270 g/mol. The zero-order valence-electron chi connectivity index (χ0n) is 11.7. The summed E-state index contributed by atoms with van der Waals surface area (Å²) in [6.07, 6.45) is 5.90. The predicted molar refractivity (Wildman–Crippen MR) is 81.7 cm³/mol. The number of alkyl halides is 1. The Hall–Kier alpha value is -1.02. The van der Waals surface area contributed by atoms with E-state index in [1.165, 1.54) is 31.2 Å². The molecule has 3 rings (SSSR count). The molecule has 108 valence electrons. The van der Waals surface area contributed by atoms with Crippen LogP contribution in [0, 0.1) is 17.8 Å². The van der Waals surface area contributed by atoms with Gasteiger partial charge in [-0.1, -0.05) is 43.2 Å². The lowest BCUT2D eigenvalue weighted by Gasteiger charge is -2.16. The van der Waals surface area contributed by atoms with Crippen molar-refractivity contribution in [2.75, 3.05) is 5.88 Å². The van der Waals surface area contributed by atoms with Crippen molar-refractivity contribution >= 4 is 17.5 Å². The highest BCUT2D eigenvalue weighted by molar-refractivity contribution is 6.18. The van der Waals surface area contributed by atoms with Gasteiger partial charge in [0.2, 0.25) is 5.91 Å². The monoisotopic (exact) mass is 291 g/mol. The number of benzene rings is 1. The first-order chi connectivity index (χ1) is 9.79. The molecule has 2 aliphatic carbocycles. The number of hydrogen-bond acceptors (Lipinski definition) is 1. The molecule has 2 fully saturated rings. The minimum atomic E-state index is 0.0502. The van der Waals surface area contributed by atoms with Crippen molar-refractivity contribution in [2.45, 2.75) is 38.1 Å². The van der Waals surface area contributed by atoms with Gasteiger partial charge >= 0.3 is 0 Å². The maximum Gasteiger partial charge on any atom is 0.223 e. The SMILES string of the molecule is O=C(NC(CCl)Cc1ccccc1)C1C2CCCCC21. The van der Waals surface area contributed by atoms with Crippen LogP contribution in [0.25, 0.3) is 0 Å². The lowest BCUT2D eigenvalue weighted by Crippen LogP contribution is -2.39. The molecule has 0 aliphatic heterocycles. The first-order valence-corrected chi connectivity index (χ1v) is 8.23. The largest absolute Gasteiger partial charge is 0.352 e. The standard InChI is InChI=1S/C17H22ClNO/c18-11-13(10-12-6-2-1-3-7-12)19-17(20)16-14-8-4-5-9-15(14)16/h1-3,6-7,13-16H,4-5,8-11H2,(H,19,20). The van der Waals surface area contributed by atoms with Crippen LogP contribution in [0.1, 0.15) is 31.2 Å². The molecule has 0 bridgehead atoms. The van der Waals surface area contributed by atoms with Gasteiger partial charge in [-0.2, -0.15) is 0 Å². The second kappa shape index (κ2) is 6.17. The molecule has 0 saturated heterocycles. The lowest BCUT2D eigenvalue weighted by atomic mass is 10.0. The van der Waals surface area contributed by atoms with E-state index in [4.69, 9.17) is 11.6 Å². The zero-order valence-corrected chi connectivity index (χ0v) is 12.5. The number of carbonyl (C=O) groups is 1. The van der Waals surface area contributed by atoms with E-state index >= 15 is 0 Å². The Kier molecular flexibility index (Phi) is 4.30. The molecule has 2 saturated carbocycles. The quantitative estimate of drug-likeness (QED) is 0.828. The van der Waals surface area contributed by atoms with Gasteiger partial charge in [0.05, 0.1) is 0 Å². The predicted octanol–water partition coefficient (Wildman–Crippen LogP) is 3.39. The maximum absolute atomic E-state index is 12.4. The number of rotatable bonds is 5. The molecule has 0 radical (unpaired) electrons. The molecule has 1 N–H and O–H groups in total. The summed E-state index contributed by atoms with van der Waals surface area (Å²) in [4.78, 5) is 12.4. The minimum Gasteiger partial charge on any atom is -0.352 e. The number of hydrogen-bond donors (Lipinski definition) is 1. The second-order valence-corrected chi connectivity index (χ2v) is 6.50. The Labute approximate surface area is 125 Å². The van der Waals surface area contributed by atoms with Gasteiger partial charge in [0, 0.05) is 17.8 Å². The third kappa shape index (κ3) is 3.01. The van der Waals surface area contributed by atoms with Crippen molar-refractivity contribution in [1.29, 1.82) is 0 Å². The van der Waals surface area contributed by atoms with E-state index in [9.17, 15) is 4.79 Å². The third-order valence-corrected chi connectivity index (χ3v) is 5.19. The van der Waals surface area contributed by atoms with Gasteiger partial charge in [0.25, 0.3) is 0 Å². The number of carbonyl (C=O) groups excluding carboxylic acids is 1. The van der Waals surface area contributed by atoms with Gasteiger partial charge in [-0.3, -0.25) is 4.79 Å². The molecule has 0 heterocycles. The van der Waals surface area contributed by atoms with Gasteiger partial charge in [-0.25, -0.2) is 0 Å². The van der Waals surface area contributed by atoms with Crippen LogP contribution < -0.4 is 5.32 Å². The molecule has 0 aromatic heterocycles. The average Bonchev–Trinajstić information content (AvgIpc) is 3.22. The minimum absolute atomic E-state index is 0.0502. The summed E-state index contributed by atoms with van der Waals surface area (Å²) in [6, 6.07) is 10.3. The van der Waals surface area contributed by atoms with E-state index in [-0.39, 0.29) is 17.9 Å². The fraction of sp³-hybridized carbons (Fsp3) is 0.588. The molecule has 3 atom stereocenters. The summed E-state index contributed by atoms with van der Waals surface area (Å²) in [5, 5.41) is 3.16. The Morgan fingerprint density at radius 1 is 1.20 bits per heavy atom. The maximum atomic E-state index is 12.4. The second-order valence-electron chi connectivity index (χ2n) is 6.19. The number of amides is 1. The van der Waals surface area contributed by atoms with Crippen molar-refractivity contribution < 1.29 is 4.79 Å². The smallest absolute Gasteiger partial charge is 0.223 e. The Balaban J connectivity index is 1.54. The Morgan fingerprint density at radius 3 is 2.45 bits per heavy atom. The molecule has 0 spiro atoms. The van der Waals surface area contributed by atoms with Crippen LogP contribution in [-0.2, 0) is 11.2 Å². The fourth-order valence-corrected chi connectivity index (χ4v) is 3.91. The van der Waals surface area contributed by atoms with Crippen LogP contribution in [0.4, 0.5) is 0 Å². The van der Waals surface area contributed by atoms with Gasteiger partial charge in [0.15, 0.2) is 0 Å². The summed E-state index contributed by atoms with van der Waals surface area (Å²) < 4.78 is 0. The molecule has 2 nitrogen and oxygen atoms in total. The first-order valence-electron chi connectivity index (χ1n) is 7.70. The highest BCUT2D eigenvalue weighted by Crippen LogP contribution is 2.55. The van der Waals surface area contributed by atoms with Crippen LogP contribution in [0.15, 0.2) is 30.3 Å². The fourth-order valence-electron chi connectivity index (χ4n) is 3.72. The van der Waals surface area contributed by atoms with Crippen molar-refractivity contribution in [2.24, 2.45) is 17.8 Å². The van der Waals surface area contributed by atoms with E-state index in [1.807, 2.05) is 18.2 Å². The van der Waals surface area contributed by atoms with E-state index in [1.54, 1.807) is 0 Å². The third-order valence-electron chi connectivity index (χ3n) is 4.82. The Bertz CT molecular complexity index is 449. The normalized spacial score (nSPS) is 29.4. The van der Waals surface area contributed by atoms with E-state index in [2.05, 4.69) is 17.4 Å². The highest BCUT2D eigenvalue weighted by atomic mass is 35.5. The van der Waals surface area contributed by atoms with Crippen LogP contribution in [0.5, 0.6) is 0 Å². The highest BCUT2D eigenvalue weighted by Gasteiger charge is 2.54. The topological polar surface area (TPSA) is 29.1 Å². The molecular formula is C17H22ClNO. The van der Waals surface area contributed by atoms with Gasteiger partial charge < -0.3 is 5.32 Å². The summed E-state index contributed by atoms with van der Waals surface area (Å²) >= 11 is 6.02. The average molecular weight is 292 g/mol. The van der Waals surface area contributed by atoms with Crippen molar-refractivity contribution in [3.8, 4) is 0 Å². The van der Waals surface area contributed by atoms with Gasteiger partial charge in [-0.15, -0.1) is 11.6 Å². The number of halogens is 1. The van der Waals surface area contributed by atoms with Crippen molar-refractivity contribution in [3.05, 3.63) is 35.9 Å². The van der Waals surface area contributed by atoms with E-state index in [0.29, 0.717) is 17.7 Å². The van der Waals surface area contributed by atoms with Crippen LogP contribution in [0.2, 0.25) is 0 Å². The summed E-state index contributed by atoms with van der Waals surface area (Å²) in [6.45, 7) is 0. The van der Waals surface area contributed by atoms with Gasteiger partial charge in [0.1, 0.15) is 0 Å². The summed E-state index contributed by atoms with van der Waals surface area (Å²) in [5.41, 5.74) is 1.23. The zero-order chi connectivity index (χ0) is 13.9. The molecule has 1 amide bonds. The number of nitrogens with one attached hydrogen (secondary N) is 1. The van der Waals surface area contributed by atoms with Crippen LogP contribution >= 0.6 is 11.6 Å². The molecule has 1 aromatic rings. The summed E-state index contributed by atoms with van der Waals surface area (Å²) in [5.74, 6) is 2.32. The summed E-state index contributed by atoms with van der Waals surface area (Å²) in [7, 11) is 0.